The van der Waals surface area contributed by atoms with Crippen LogP contribution in [0.5, 0.6) is 5.75 Å². The van der Waals surface area contributed by atoms with Crippen molar-refractivity contribution in [2.75, 3.05) is 6.61 Å². The first-order chi connectivity index (χ1) is 11.1. The van der Waals surface area contributed by atoms with Crippen LogP contribution >= 0.6 is 0 Å². The van der Waals surface area contributed by atoms with E-state index in [2.05, 4.69) is 4.74 Å². The predicted octanol–water partition coefficient (Wildman–Crippen LogP) is 3.43. The van der Waals surface area contributed by atoms with Crippen LogP contribution in [0.3, 0.4) is 0 Å². The van der Waals surface area contributed by atoms with Gasteiger partial charge in [-0.1, -0.05) is 12.1 Å². The second kappa shape index (κ2) is 6.30. The lowest BCUT2D eigenvalue weighted by molar-refractivity contribution is -0.187. The van der Waals surface area contributed by atoms with Gasteiger partial charge in [0.25, 0.3) is 0 Å². The summed E-state index contributed by atoms with van der Waals surface area (Å²) in [5, 5.41) is 0. The number of ether oxygens (including phenoxy) is 2. The Balaban J connectivity index is 2.52. The summed E-state index contributed by atoms with van der Waals surface area (Å²) in [7, 11) is 0. The molecule has 0 aromatic heterocycles. The van der Waals surface area contributed by atoms with Gasteiger partial charge < -0.3 is 14.3 Å². The first-order valence-corrected chi connectivity index (χ1v) is 7.33. The fraction of sp³-hybridized carbons (Fsp3) is 0.412. The molecule has 2 rings (SSSR count). The lowest BCUT2D eigenvalue weighted by Crippen LogP contribution is -2.40. The van der Waals surface area contributed by atoms with E-state index in [0.29, 0.717) is 17.4 Å². The quantitative estimate of drug-likeness (QED) is 0.621. The molecule has 1 aromatic carbocycles. The van der Waals surface area contributed by atoms with Crippen molar-refractivity contribution in [3.8, 4) is 5.75 Å². The van der Waals surface area contributed by atoms with Crippen molar-refractivity contribution < 1.29 is 32.2 Å². The van der Waals surface area contributed by atoms with Crippen molar-refractivity contribution in [2.24, 2.45) is 0 Å². The third-order valence-corrected chi connectivity index (χ3v) is 3.70. The van der Waals surface area contributed by atoms with E-state index in [4.69, 9.17) is 4.74 Å². The van der Waals surface area contributed by atoms with E-state index >= 15 is 0 Å². The van der Waals surface area contributed by atoms with Gasteiger partial charge in [-0.3, -0.25) is 0 Å². The van der Waals surface area contributed by atoms with Crippen LogP contribution < -0.4 is 4.74 Å². The molecule has 0 bridgehead atoms. The molecule has 1 aliphatic heterocycles. The van der Waals surface area contributed by atoms with Gasteiger partial charge in [0.05, 0.1) is 12.2 Å². The third-order valence-electron chi connectivity index (χ3n) is 3.70. The number of hydrogen-bond donors (Lipinski definition) is 0. The van der Waals surface area contributed by atoms with Crippen LogP contribution in [-0.4, -0.2) is 31.1 Å². The molecule has 1 heterocycles. The van der Waals surface area contributed by atoms with E-state index in [9.17, 15) is 22.8 Å². The summed E-state index contributed by atoms with van der Waals surface area (Å²) in [4.78, 5) is 23.0. The zero-order valence-corrected chi connectivity index (χ0v) is 13.4. The summed E-state index contributed by atoms with van der Waals surface area (Å²) in [6.07, 6.45) is -5.35. The molecule has 0 aliphatic carbocycles. The van der Waals surface area contributed by atoms with Crippen LogP contribution in [0.15, 0.2) is 23.8 Å². The van der Waals surface area contributed by atoms with Crippen molar-refractivity contribution in [3.63, 3.8) is 0 Å². The molecule has 0 radical (unpaired) electrons. The maximum absolute atomic E-state index is 13.3. The van der Waals surface area contributed by atoms with Crippen LogP contribution in [0.1, 0.15) is 31.9 Å². The zero-order valence-electron chi connectivity index (χ0n) is 13.4. The van der Waals surface area contributed by atoms with Crippen molar-refractivity contribution in [1.82, 2.24) is 0 Å². The van der Waals surface area contributed by atoms with Gasteiger partial charge in [-0.05, 0) is 38.5 Å². The Labute approximate surface area is 137 Å². The fourth-order valence-electron chi connectivity index (χ4n) is 2.28. The minimum Gasteiger partial charge on any atom is -0.475 e. The molecule has 1 unspecified atom stereocenters. The summed E-state index contributed by atoms with van der Waals surface area (Å²) in [6, 6.07) is 4.52. The molecule has 1 aromatic rings. The lowest BCUT2D eigenvalue weighted by Gasteiger charge is -2.29. The molecule has 1 atom stereocenters. The van der Waals surface area contributed by atoms with Gasteiger partial charge in [0, 0.05) is 11.0 Å². The Kier molecular flexibility index (Phi) is 4.73. The molecule has 0 saturated heterocycles. The first kappa shape index (κ1) is 18.0. The molecule has 0 N–H and O–H groups in total. The number of aldehydes is 1. The summed E-state index contributed by atoms with van der Waals surface area (Å²) >= 11 is 0. The normalized spacial score (nSPS) is 17.4. The summed E-state index contributed by atoms with van der Waals surface area (Å²) in [6.45, 7) is 4.75. The van der Waals surface area contributed by atoms with Crippen molar-refractivity contribution in [1.29, 1.82) is 0 Å². The van der Waals surface area contributed by atoms with Crippen molar-refractivity contribution in [3.05, 3.63) is 34.9 Å². The monoisotopic (exact) mass is 342 g/mol. The van der Waals surface area contributed by atoms with E-state index < -0.39 is 29.2 Å². The number of benzene rings is 1. The number of alkyl halides is 3. The number of halogens is 3. The van der Waals surface area contributed by atoms with Crippen LogP contribution in [0.2, 0.25) is 0 Å². The SMILES string of the molecule is CCOC(=O)C1=Cc2ccc(C(C)(C)C=O)cc2OC1C(F)(F)F. The maximum atomic E-state index is 13.3. The van der Waals surface area contributed by atoms with Gasteiger partial charge >= 0.3 is 12.1 Å². The number of fused-ring (bicyclic) bond motifs is 1. The van der Waals surface area contributed by atoms with Gasteiger partial charge in [-0.15, -0.1) is 0 Å². The Bertz CT molecular complexity index is 690. The smallest absolute Gasteiger partial charge is 0.430 e. The number of carbonyl (C=O) groups is 2. The lowest BCUT2D eigenvalue weighted by atomic mass is 9.85. The first-order valence-electron chi connectivity index (χ1n) is 7.33. The molecule has 0 fully saturated rings. The van der Waals surface area contributed by atoms with Crippen LogP contribution in [-0.2, 0) is 19.7 Å². The second-order valence-corrected chi connectivity index (χ2v) is 5.95. The van der Waals surface area contributed by atoms with Crippen LogP contribution in [0.25, 0.3) is 6.08 Å². The van der Waals surface area contributed by atoms with Gasteiger partial charge in [-0.25, -0.2) is 4.79 Å². The number of esters is 1. The van der Waals surface area contributed by atoms with Crippen molar-refractivity contribution in [2.45, 2.75) is 38.5 Å². The molecular weight excluding hydrogens is 325 g/mol. The molecule has 1 aliphatic rings. The Morgan fingerprint density at radius 1 is 1.33 bits per heavy atom. The Morgan fingerprint density at radius 2 is 2.00 bits per heavy atom. The van der Waals surface area contributed by atoms with E-state index in [1.165, 1.54) is 19.1 Å². The molecule has 130 valence electrons. The van der Waals surface area contributed by atoms with E-state index in [-0.39, 0.29) is 12.4 Å². The minimum atomic E-state index is -4.77. The van der Waals surface area contributed by atoms with E-state index in [1.807, 2.05) is 0 Å². The second-order valence-electron chi connectivity index (χ2n) is 5.95. The number of hydrogen-bond acceptors (Lipinski definition) is 4. The molecule has 24 heavy (non-hydrogen) atoms. The average molecular weight is 342 g/mol. The van der Waals surface area contributed by atoms with Gasteiger partial charge in [0.1, 0.15) is 12.0 Å². The highest BCUT2D eigenvalue weighted by molar-refractivity contribution is 5.96. The standard InChI is InChI=1S/C17H17F3O4/c1-4-23-15(22)12-7-10-5-6-11(16(2,3)9-21)8-13(10)24-14(12)17(18,19)20/h5-9,14H,4H2,1-3H3. The maximum Gasteiger partial charge on any atom is 0.430 e. The Morgan fingerprint density at radius 3 is 2.54 bits per heavy atom. The van der Waals surface area contributed by atoms with Gasteiger partial charge in [-0.2, -0.15) is 13.2 Å². The largest absolute Gasteiger partial charge is 0.475 e. The number of rotatable bonds is 4. The van der Waals surface area contributed by atoms with Crippen molar-refractivity contribution >= 4 is 18.3 Å². The summed E-state index contributed by atoms with van der Waals surface area (Å²) in [5.41, 5.74) is -0.620. The molecule has 0 saturated carbocycles. The molecule has 0 amide bonds. The average Bonchev–Trinajstić information content (AvgIpc) is 2.52. The predicted molar refractivity (Wildman–Crippen MR) is 80.6 cm³/mol. The molecule has 0 spiro atoms. The highest BCUT2D eigenvalue weighted by Crippen LogP contribution is 2.39. The molecular formula is C17H17F3O4. The number of carbonyl (C=O) groups excluding carboxylic acids is 2. The van der Waals surface area contributed by atoms with Gasteiger partial charge in [0.2, 0.25) is 6.10 Å². The molecule has 7 heteroatoms. The Hall–Kier alpha value is -2.31. The van der Waals surface area contributed by atoms with E-state index in [1.54, 1.807) is 19.9 Å². The van der Waals surface area contributed by atoms with Crippen LogP contribution in [0.4, 0.5) is 13.2 Å². The minimum absolute atomic E-state index is 0.0298. The zero-order chi connectivity index (χ0) is 18.1. The fourth-order valence-corrected chi connectivity index (χ4v) is 2.28. The van der Waals surface area contributed by atoms with E-state index in [0.717, 1.165) is 6.08 Å². The summed E-state index contributed by atoms with van der Waals surface area (Å²) < 4.78 is 49.5. The van der Waals surface area contributed by atoms with Crippen LogP contribution in [0, 0.1) is 0 Å². The third kappa shape index (κ3) is 3.44. The topological polar surface area (TPSA) is 52.6 Å². The van der Waals surface area contributed by atoms with Gasteiger partial charge in [0.15, 0.2) is 0 Å². The highest BCUT2D eigenvalue weighted by Gasteiger charge is 2.48. The molecule has 4 nitrogen and oxygen atoms in total. The summed E-state index contributed by atoms with van der Waals surface area (Å²) in [5.74, 6) is -1.10. The highest BCUT2D eigenvalue weighted by atomic mass is 19.4.